The summed E-state index contributed by atoms with van der Waals surface area (Å²) in [5.74, 6) is 0.945. The minimum Gasteiger partial charge on any atom is -0.541 e. The Morgan fingerprint density at radius 3 is 2.11 bits per heavy atom. The maximum atomic E-state index is 12.6. The van der Waals surface area contributed by atoms with Crippen molar-refractivity contribution >= 4 is 28.6 Å². The van der Waals surface area contributed by atoms with E-state index in [1.807, 2.05) is 25.1 Å². The van der Waals surface area contributed by atoms with Crippen LogP contribution in [-0.2, 0) is 25.5 Å². The molecular formula is C29H48O6Si2. The summed E-state index contributed by atoms with van der Waals surface area (Å²) < 4.78 is 24.3. The summed E-state index contributed by atoms with van der Waals surface area (Å²) in [7, 11) is -4.18. The lowest BCUT2D eigenvalue weighted by Gasteiger charge is -2.39. The molecule has 1 aliphatic rings. The maximum absolute atomic E-state index is 12.6. The minimum atomic E-state index is -2.11. The molecular weight excluding hydrogens is 500 g/mol. The van der Waals surface area contributed by atoms with Gasteiger partial charge in [-0.15, -0.1) is 0 Å². The van der Waals surface area contributed by atoms with Gasteiger partial charge in [-0.1, -0.05) is 53.7 Å². The first-order valence-electron chi connectivity index (χ1n) is 13.4. The highest BCUT2D eigenvalue weighted by atomic mass is 28.4. The van der Waals surface area contributed by atoms with Crippen LogP contribution in [0.5, 0.6) is 11.5 Å². The molecule has 1 aromatic carbocycles. The van der Waals surface area contributed by atoms with E-state index in [0.717, 1.165) is 17.1 Å². The molecule has 1 aromatic rings. The van der Waals surface area contributed by atoms with Crippen LogP contribution < -0.4 is 8.85 Å². The monoisotopic (exact) mass is 548 g/mol. The van der Waals surface area contributed by atoms with E-state index in [-0.39, 0.29) is 40.6 Å². The van der Waals surface area contributed by atoms with Crippen LogP contribution in [0, 0.1) is 0 Å². The Balaban J connectivity index is 2.12. The zero-order chi connectivity index (χ0) is 28.2. The smallest absolute Gasteiger partial charge is 0.330 e. The highest BCUT2D eigenvalue weighted by molar-refractivity contribution is 6.75. The van der Waals surface area contributed by atoms with Crippen LogP contribution >= 0.6 is 0 Å². The van der Waals surface area contributed by atoms with Crippen molar-refractivity contribution in [1.82, 2.24) is 0 Å². The summed E-state index contributed by atoms with van der Waals surface area (Å²) in [5, 5.41) is 0.103. The lowest BCUT2D eigenvalue weighted by atomic mass is 10.1. The van der Waals surface area contributed by atoms with Crippen molar-refractivity contribution in [2.24, 2.45) is 0 Å². The molecule has 208 valence electrons. The van der Waals surface area contributed by atoms with Gasteiger partial charge in [0.2, 0.25) is 0 Å². The number of hydrogen-bond donors (Lipinski definition) is 0. The third-order valence-corrected chi connectivity index (χ3v) is 16.5. The average molecular weight is 549 g/mol. The molecule has 0 fully saturated rings. The Hall–Kier alpha value is -2.07. The van der Waals surface area contributed by atoms with Crippen LogP contribution in [-0.4, -0.2) is 40.8 Å². The zero-order valence-corrected chi connectivity index (χ0v) is 26.8. The van der Waals surface area contributed by atoms with Gasteiger partial charge in [-0.05, 0) is 67.3 Å². The van der Waals surface area contributed by atoms with Gasteiger partial charge in [-0.3, -0.25) is 4.79 Å². The Morgan fingerprint density at radius 1 is 1.00 bits per heavy atom. The van der Waals surface area contributed by atoms with Crippen molar-refractivity contribution in [2.45, 2.75) is 123 Å². The van der Waals surface area contributed by atoms with Crippen molar-refractivity contribution < 1.29 is 27.9 Å². The third-order valence-electron chi connectivity index (χ3n) is 7.83. The molecule has 37 heavy (non-hydrogen) atoms. The van der Waals surface area contributed by atoms with Crippen LogP contribution in [0.2, 0.25) is 36.3 Å². The van der Waals surface area contributed by atoms with E-state index in [4.69, 9.17) is 18.3 Å². The van der Waals surface area contributed by atoms with Crippen molar-refractivity contribution in [3.8, 4) is 11.5 Å². The second-order valence-corrected chi connectivity index (χ2v) is 22.7. The minimum absolute atomic E-state index is 0.0413. The molecule has 0 aromatic heterocycles. The van der Waals surface area contributed by atoms with E-state index in [0.29, 0.717) is 19.3 Å². The van der Waals surface area contributed by atoms with Gasteiger partial charge in [0, 0.05) is 25.3 Å². The molecule has 0 unspecified atom stereocenters. The van der Waals surface area contributed by atoms with E-state index in [1.165, 1.54) is 6.08 Å². The van der Waals surface area contributed by atoms with Crippen LogP contribution in [0.3, 0.4) is 0 Å². The number of benzene rings is 1. The predicted octanol–water partition coefficient (Wildman–Crippen LogP) is 7.58. The molecule has 0 bridgehead atoms. The van der Waals surface area contributed by atoms with E-state index in [1.54, 1.807) is 6.08 Å². The second kappa shape index (κ2) is 11.8. The summed E-state index contributed by atoms with van der Waals surface area (Å²) in [6.07, 6.45) is 4.60. The van der Waals surface area contributed by atoms with Crippen LogP contribution in [0.4, 0.5) is 0 Å². The lowest BCUT2D eigenvalue weighted by molar-refractivity contribution is -0.152. The first-order chi connectivity index (χ1) is 16.8. The molecule has 2 atom stereocenters. The topological polar surface area (TPSA) is 71.1 Å². The van der Waals surface area contributed by atoms with Gasteiger partial charge >= 0.3 is 11.9 Å². The Bertz CT molecular complexity index is 985. The lowest BCUT2D eigenvalue weighted by Crippen LogP contribution is -2.45. The molecule has 6 nitrogen and oxygen atoms in total. The van der Waals surface area contributed by atoms with E-state index >= 15 is 0 Å². The summed E-state index contributed by atoms with van der Waals surface area (Å²) in [4.78, 5) is 24.0. The molecule has 0 saturated heterocycles. The highest BCUT2D eigenvalue weighted by Crippen LogP contribution is 2.43. The average Bonchev–Trinajstić information content (AvgIpc) is 2.71. The fourth-order valence-electron chi connectivity index (χ4n) is 3.39. The number of cyclic esters (lactones) is 1. The van der Waals surface area contributed by atoms with Gasteiger partial charge in [0.15, 0.2) is 0 Å². The summed E-state index contributed by atoms with van der Waals surface area (Å²) in [6.45, 7) is 24.1. The normalized spacial score (nSPS) is 17.7. The Kier molecular flexibility index (Phi) is 9.91. The number of esters is 2. The molecule has 8 heteroatoms. The third kappa shape index (κ3) is 9.02. The van der Waals surface area contributed by atoms with Crippen LogP contribution in [0.25, 0.3) is 0 Å². The van der Waals surface area contributed by atoms with Gasteiger partial charge in [-0.2, -0.15) is 0 Å². The SMILES string of the molecule is C[C@H](C[C@H]1CC=CC(=O)O1)OC(=O)CCc1ccc(O[Si](C)(C)C(C)(C)C)c(O[Si](C)(C)C(C)(C)C)c1. The Morgan fingerprint density at radius 2 is 1.57 bits per heavy atom. The van der Waals surface area contributed by atoms with E-state index in [2.05, 4.69) is 67.7 Å². The molecule has 1 aliphatic heterocycles. The van der Waals surface area contributed by atoms with Crippen molar-refractivity contribution in [1.29, 1.82) is 0 Å². The Labute approximate surface area is 226 Å². The van der Waals surface area contributed by atoms with Crippen molar-refractivity contribution in [2.75, 3.05) is 0 Å². The largest absolute Gasteiger partial charge is 0.541 e. The number of carbonyl (C=O) groups is 2. The van der Waals surface area contributed by atoms with E-state index in [9.17, 15) is 9.59 Å². The fourth-order valence-corrected chi connectivity index (χ4v) is 5.43. The van der Waals surface area contributed by atoms with Gasteiger partial charge in [0.25, 0.3) is 16.6 Å². The number of rotatable bonds is 10. The van der Waals surface area contributed by atoms with Gasteiger partial charge < -0.3 is 18.3 Å². The van der Waals surface area contributed by atoms with Gasteiger partial charge in [0.05, 0.1) is 0 Å². The second-order valence-electron chi connectivity index (χ2n) is 13.2. The summed E-state index contributed by atoms with van der Waals surface area (Å²) in [5.41, 5.74) is 1.01. The predicted molar refractivity (Wildman–Crippen MR) is 154 cm³/mol. The van der Waals surface area contributed by atoms with Gasteiger partial charge in [-0.25, -0.2) is 4.79 Å². The quantitative estimate of drug-likeness (QED) is 0.222. The highest BCUT2D eigenvalue weighted by Gasteiger charge is 2.42. The first kappa shape index (κ1) is 31.2. The first-order valence-corrected chi connectivity index (χ1v) is 19.2. The van der Waals surface area contributed by atoms with Crippen LogP contribution in [0.15, 0.2) is 30.4 Å². The molecule has 0 saturated carbocycles. The molecule has 2 rings (SSSR count). The summed E-state index contributed by atoms with van der Waals surface area (Å²) >= 11 is 0. The molecule has 0 radical (unpaired) electrons. The number of ether oxygens (including phenoxy) is 2. The van der Waals surface area contributed by atoms with Crippen LogP contribution in [0.1, 0.15) is 73.3 Å². The number of carbonyl (C=O) groups excluding carboxylic acids is 2. The zero-order valence-electron chi connectivity index (χ0n) is 24.8. The summed E-state index contributed by atoms with van der Waals surface area (Å²) in [6, 6.07) is 6.05. The molecule has 0 amide bonds. The molecule has 1 heterocycles. The number of aryl methyl sites for hydroxylation is 1. The molecule has 0 N–H and O–H groups in total. The van der Waals surface area contributed by atoms with Crippen molar-refractivity contribution in [3.63, 3.8) is 0 Å². The number of hydrogen-bond acceptors (Lipinski definition) is 6. The molecule has 0 aliphatic carbocycles. The molecule has 0 spiro atoms. The fraction of sp³-hybridized carbons (Fsp3) is 0.655. The maximum Gasteiger partial charge on any atom is 0.330 e. The standard InChI is InChI=1S/C29H48O6Si2/c1-21(19-23-13-12-14-26(30)33-23)32-27(31)18-16-22-15-17-24(34-36(8,9)28(2,3)4)25(20-22)35-37(10,11)29(5,6)7/h12,14-15,17,20-21,23H,13,16,18-19H2,1-11H3/t21-,23-/m1/s1. The van der Waals surface area contributed by atoms with E-state index < -0.39 is 16.6 Å². The van der Waals surface area contributed by atoms with Gasteiger partial charge in [0.1, 0.15) is 23.7 Å². The van der Waals surface area contributed by atoms with Crippen molar-refractivity contribution in [3.05, 3.63) is 35.9 Å².